The zero-order chi connectivity index (χ0) is 16.5. The number of benzene rings is 1. The van der Waals surface area contributed by atoms with E-state index in [0.29, 0.717) is 35.2 Å². The largest absolute Gasteiger partial charge is 0.467 e. The lowest BCUT2D eigenvalue weighted by molar-refractivity contribution is -0.144. The van der Waals surface area contributed by atoms with E-state index < -0.39 is 0 Å². The van der Waals surface area contributed by atoms with Crippen molar-refractivity contribution in [3.63, 3.8) is 0 Å². The van der Waals surface area contributed by atoms with Crippen LogP contribution in [-0.4, -0.2) is 26.5 Å². The van der Waals surface area contributed by atoms with Crippen LogP contribution in [0.4, 0.5) is 0 Å². The van der Waals surface area contributed by atoms with E-state index in [2.05, 4.69) is 0 Å². The van der Waals surface area contributed by atoms with Gasteiger partial charge in [0.15, 0.2) is 6.79 Å². The highest BCUT2D eigenvalue weighted by atomic mass is 35.5. The molecule has 1 unspecified atom stereocenters. The lowest BCUT2D eigenvalue weighted by Gasteiger charge is -2.15. The van der Waals surface area contributed by atoms with Gasteiger partial charge in [0.1, 0.15) is 5.75 Å². The first kappa shape index (κ1) is 19.1. The highest BCUT2D eigenvalue weighted by Crippen LogP contribution is 2.34. The van der Waals surface area contributed by atoms with Gasteiger partial charge in [0, 0.05) is 19.1 Å². The van der Waals surface area contributed by atoms with Crippen molar-refractivity contribution in [2.24, 2.45) is 5.92 Å². The number of halogens is 2. The second kappa shape index (κ2) is 9.93. The fourth-order valence-corrected chi connectivity index (χ4v) is 2.49. The van der Waals surface area contributed by atoms with E-state index in [0.717, 1.165) is 12.0 Å². The number of ether oxygens (including phenoxy) is 3. The van der Waals surface area contributed by atoms with Crippen LogP contribution in [0.2, 0.25) is 10.0 Å². The zero-order valence-corrected chi connectivity index (χ0v) is 14.7. The lowest BCUT2D eigenvalue weighted by Crippen LogP contribution is -2.10. The molecule has 0 heterocycles. The summed E-state index contributed by atoms with van der Waals surface area (Å²) in [7, 11) is 1.55. The Bertz CT molecular complexity index is 491. The molecule has 0 fully saturated rings. The van der Waals surface area contributed by atoms with Gasteiger partial charge in [-0.3, -0.25) is 4.79 Å². The van der Waals surface area contributed by atoms with Gasteiger partial charge in [0.2, 0.25) is 0 Å². The maximum absolute atomic E-state index is 11.5. The Balaban J connectivity index is 2.70. The van der Waals surface area contributed by atoms with Gasteiger partial charge in [0.05, 0.1) is 16.7 Å². The van der Waals surface area contributed by atoms with Gasteiger partial charge >= 0.3 is 5.97 Å². The van der Waals surface area contributed by atoms with E-state index >= 15 is 0 Å². The molecule has 1 aromatic rings. The normalized spacial score (nSPS) is 12.0. The average Bonchev–Trinajstić information content (AvgIpc) is 2.47. The predicted octanol–water partition coefficient (Wildman–Crippen LogP) is 4.50. The fraction of sp³-hybridized carbons (Fsp3) is 0.562. The molecule has 1 rings (SSSR count). The molecule has 124 valence electrons. The molecule has 0 aliphatic heterocycles. The second-order valence-electron chi connectivity index (χ2n) is 5.04. The summed E-state index contributed by atoms with van der Waals surface area (Å²) in [6.07, 6.45) is 1.83. The SMILES string of the molecule is CCOC(=O)CC(C)CCc1c(OCOC)ccc(Cl)c1Cl. The topological polar surface area (TPSA) is 44.8 Å². The molecule has 0 bridgehead atoms. The molecular formula is C16H22Cl2O4. The third-order valence-electron chi connectivity index (χ3n) is 3.19. The van der Waals surface area contributed by atoms with Gasteiger partial charge < -0.3 is 14.2 Å². The Kier molecular flexibility index (Phi) is 8.61. The molecular weight excluding hydrogens is 327 g/mol. The van der Waals surface area contributed by atoms with Crippen molar-refractivity contribution < 1.29 is 19.0 Å². The van der Waals surface area contributed by atoms with E-state index in [1.807, 2.05) is 6.92 Å². The van der Waals surface area contributed by atoms with Gasteiger partial charge in [-0.15, -0.1) is 0 Å². The second-order valence-corrected chi connectivity index (χ2v) is 5.83. The number of rotatable bonds is 9. The minimum absolute atomic E-state index is 0.142. The molecule has 0 radical (unpaired) electrons. The van der Waals surface area contributed by atoms with Crippen LogP contribution in [0.25, 0.3) is 0 Å². The number of esters is 1. The Labute approximate surface area is 141 Å². The number of hydrogen-bond donors (Lipinski definition) is 0. The maximum Gasteiger partial charge on any atom is 0.306 e. The summed E-state index contributed by atoms with van der Waals surface area (Å²) in [5, 5.41) is 0.970. The van der Waals surface area contributed by atoms with Crippen molar-refractivity contribution in [1.82, 2.24) is 0 Å². The minimum Gasteiger partial charge on any atom is -0.467 e. The third-order valence-corrected chi connectivity index (χ3v) is 4.04. The van der Waals surface area contributed by atoms with Gasteiger partial charge in [-0.25, -0.2) is 0 Å². The van der Waals surface area contributed by atoms with Crippen LogP contribution in [-0.2, 0) is 20.7 Å². The molecule has 0 aliphatic rings. The summed E-state index contributed by atoms with van der Waals surface area (Å²) in [6.45, 7) is 4.35. The Morgan fingerprint density at radius 2 is 2.05 bits per heavy atom. The average molecular weight is 349 g/mol. The van der Waals surface area contributed by atoms with E-state index in [9.17, 15) is 4.79 Å². The van der Waals surface area contributed by atoms with Gasteiger partial charge in [-0.1, -0.05) is 30.1 Å². The summed E-state index contributed by atoms with van der Waals surface area (Å²) in [4.78, 5) is 11.5. The monoisotopic (exact) mass is 348 g/mol. The van der Waals surface area contributed by atoms with E-state index in [1.165, 1.54) is 0 Å². The van der Waals surface area contributed by atoms with E-state index in [4.69, 9.17) is 37.4 Å². The standard InChI is InChI=1S/C16H22Cl2O4/c1-4-21-15(19)9-11(2)5-6-12-14(22-10-20-3)8-7-13(17)16(12)18/h7-8,11H,4-6,9-10H2,1-3H3. The van der Waals surface area contributed by atoms with Gasteiger partial charge in [0.25, 0.3) is 0 Å². The molecule has 0 saturated heterocycles. The smallest absolute Gasteiger partial charge is 0.306 e. The first-order chi connectivity index (χ1) is 10.5. The highest BCUT2D eigenvalue weighted by Gasteiger charge is 2.15. The predicted molar refractivity (Wildman–Crippen MR) is 87.7 cm³/mol. The summed E-state index contributed by atoms with van der Waals surface area (Å²) < 4.78 is 15.4. The van der Waals surface area contributed by atoms with Crippen LogP contribution >= 0.6 is 23.2 Å². The molecule has 0 N–H and O–H groups in total. The van der Waals surface area contributed by atoms with Crippen molar-refractivity contribution in [2.45, 2.75) is 33.1 Å². The van der Waals surface area contributed by atoms with Crippen LogP contribution in [0.5, 0.6) is 5.75 Å². The van der Waals surface area contributed by atoms with Crippen molar-refractivity contribution in [2.75, 3.05) is 20.5 Å². The summed E-state index contributed by atoms with van der Waals surface area (Å²) in [5.74, 6) is 0.659. The molecule has 1 atom stereocenters. The number of carbonyl (C=O) groups excluding carboxylic acids is 1. The summed E-state index contributed by atoms with van der Waals surface area (Å²) >= 11 is 12.3. The Morgan fingerprint density at radius 1 is 1.32 bits per heavy atom. The number of hydrogen-bond acceptors (Lipinski definition) is 4. The lowest BCUT2D eigenvalue weighted by atomic mass is 9.98. The Morgan fingerprint density at radius 3 is 2.68 bits per heavy atom. The maximum atomic E-state index is 11.5. The molecule has 0 spiro atoms. The zero-order valence-electron chi connectivity index (χ0n) is 13.2. The fourth-order valence-electron chi connectivity index (χ4n) is 2.06. The number of methoxy groups -OCH3 is 1. The van der Waals surface area contributed by atoms with Crippen molar-refractivity contribution in [3.8, 4) is 5.75 Å². The summed E-state index contributed by atoms with van der Waals surface area (Å²) in [6, 6.07) is 3.47. The molecule has 0 aromatic heterocycles. The molecule has 1 aromatic carbocycles. The first-order valence-corrected chi connectivity index (χ1v) is 7.99. The van der Waals surface area contributed by atoms with Crippen LogP contribution in [0.1, 0.15) is 32.3 Å². The Hall–Kier alpha value is -0.970. The van der Waals surface area contributed by atoms with Crippen molar-refractivity contribution in [3.05, 3.63) is 27.7 Å². The highest BCUT2D eigenvalue weighted by molar-refractivity contribution is 6.42. The number of carbonyl (C=O) groups is 1. The van der Waals surface area contributed by atoms with Crippen LogP contribution < -0.4 is 4.74 Å². The third kappa shape index (κ3) is 6.03. The minimum atomic E-state index is -0.178. The molecule has 0 amide bonds. The molecule has 6 heteroatoms. The molecule has 4 nitrogen and oxygen atoms in total. The summed E-state index contributed by atoms with van der Waals surface area (Å²) in [5.41, 5.74) is 0.835. The van der Waals surface area contributed by atoms with Crippen LogP contribution in [0, 0.1) is 5.92 Å². The molecule has 0 aliphatic carbocycles. The van der Waals surface area contributed by atoms with Gasteiger partial charge in [-0.05, 0) is 37.8 Å². The first-order valence-electron chi connectivity index (χ1n) is 7.23. The quantitative estimate of drug-likeness (QED) is 0.486. The van der Waals surface area contributed by atoms with E-state index in [-0.39, 0.29) is 18.7 Å². The van der Waals surface area contributed by atoms with Crippen molar-refractivity contribution in [1.29, 1.82) is 0 Å². The van der Waals surface area contributed by atoms with Crippen molar-refractivity contribution >= 4 is 29.2 Å². The van der Waals surface area contributed by atoms with Crippen LogP contribution in [0.15, 0.2) is 12.1 Å². The van der Waals surface area contributed by atoms with Gasteiger partial charge in [-0.2, -0.15) is 0 Å². The van der Waals surface area contributed by atoms with E-state index in [1.54, 1.807) is 26.2 Å². The van der Waals surface area contributed by atoms with Crippen LogP contribution in [0.3, 0.4) is 0 Å². The molecule has 22 heavy (non-hydrogen) atoms. The molecule has 0 saturated carbocycles.